The van der Waals surface area contributed by atoms with Crippen LogP contribution in [0.2, 0.25) is 0 Å². The predicted molar refractivity (Wildman–Crippen MR) is 81.5 cm³/mol. The molecule has 0 N–H and O–H groups in total. The molecule has 1 unspecified atom stereocenters. The molecule has 2 aromatic heterocycles. The van der Waals surface area contributed by atoms with E-state index in [1.54, 1.807) is 6.20 Å². The van der Waals surface area contributed by atoms with E-state index in [1.807, 2.05) is 10.9 Å². The van der Waals surface area contributed by atoms with Crippen LogP contribution in [-0.4, -0.2) is 33.1 Å². The van der Waals surface area contributed by atoms with E-state index in [4.69, 9.17) is 5.26 Å². The fraction of sp³-hybridized carbons (Fsp3) is 0.500. The van der Waals surface area contributed by atoms with E-state index >= 15 is 0 Å². The van der Waals surface area contributed by atoms with Crippen LogP contribution in [0, 0.1) is 11.3 Å². The maximum atomic E-state index is 8.90. The molecule has 3 heterocycles. The first-order chi connectivity index (χ1) is 10.8. The normalized spacial score (nSPS) is 20.7. The third-order valence-electron chi connectivity index (χ3n) is 4.65. The van der Waals surface area contributed by atoms with Crippen molar-refractivity contribution in [2.24, 2.45) is 0 Å². The van der Waals surface area contributed by atoms with Gasteiger partial charge in [-0.15, -0.1) is 5.10 Å². The molecule has 0 aromatic carbocycles. The molecule has 2 aliphatic rings. The molecule has 6 heteroatoms. The zero-order valence-electron chi connectivity index (χ0n) is 12.4. The Hall–Kier alpha value is -2.42. The molecule has 1 aliphatic heterocycles. The number of fused-ring (bicyclic) bond motifs is 1. The minimum atomic E-state index is 0.305. The quantitative estimate of drug-likeness (QED) is 0.845. The van der Waals surface area contributed by atoms with Crippen LogP contribution in [0.25, 0.3) is 0 Å². The first kappa shape index (κ1) is 13.3. The Morgan fingerprint density at radius 1 is 1.23 bits per heavy atom. The van der Waals surface area contributed by atoms with Crippen molar-refractivity contribution in [1.29, 1.82) is 5.26 Å². The van der Waals surface area contributed by atoms with Gasteiger partial charge in [0.2, 0.25) is 0 Å². The zero-order valence-corrected chi connectivity index (χ0v) is 12.4. The second kappa shape index (κ2) is 5.41. The van der Waals surface area contributed by atoms with Crippen molar-refractivity contribution >= 4 is 5.82 Å². The highest BCUT2D eigenvalue weighted by Crippen LogP contribution is 2.28. The van der Waals surface area contributed by atoms with Crippen molar-refractivity contribution in [3.8, 4) is 6.07 Å². The van der Waals surface area contributed by atoms with Crippen molar-refractivity contribution < 1.29 is 0 Å². The van der Waals surface area contributed by atoms with E-state index in [-0.39, 0.29) is 0 Å². The lowest BCUT2D eigenvalue weighted by Crippen LogP contribution is -2.23. The molecule has 1 fully saturated rings. The van der Waals surface area contributed by atoms with Gasteiger partial charge in [0.15, 0.2) is 5.82 Å². The summed E-state index contributed by atoms with van der Waals surface area (Å²) in [5.41, 5.74) is 3.16. The van der Waals surface area contributed by atoms with Crippen LogP contribution in [0.4, 0.5) is 5.82 Å². The van der Waals surface area contributed by atoms with Crippen molar-refractivity contribution in [3.63, 3.8) is 0 Å². The maximum absolute atomic E-state index is 8.90. The van der Waals surface area contributed by atoms with Crippen molar-refractivity contribution in [2.75, 3.05) is 18.0 Å². The molecule has 22 heavy (non-hydrogen) atoms. The van der Waals surface area contributed by atoms with Crippen molar-refractivity contribution in [3.05, 3.63) is 35.3 Å². The van der Waals surface area contributed by atoms with Gasteiger partial charge >= 0.3 is 0 Å². The molecule has 1 saturated heterocycles. The summed E-state index contributed by atoms with van der Waals surface area (Å²) in [7, 11) is 0. The van der Waals surface area contributed by atoms with Gasteiger partial charge in [-0.2, -0.15) is 15.5 Å². The van der Waals surface area contributed by atoms with E-state index in [0.29, 0.717) is 11.6 Å². The second-order valence-electron chi connectivity index (χ2n) is 6.09. The Morgan fingerprint density at radius 2 is 2.14 bits per heavy atom. The van der Waals surface area contributed by atoms with Gasteiger partial charge in [0.25, 0.3) is 0 Å². The number of nitriles is 1. The maximum Gasteiger partial charge on any atom is 0.151 e. The Bertz CT molecular complexity index is 728. The molecule has 0 bridgehead atoms. The summed E-state index contributed by atoms with van der Waals surface area (Å²) in [5, 5.41) is 22.0. The second-order valence-corrected chi connectivity index (χ2v) is 6.09. The number of nitrogens with zero attached hydrogens (tertiary/aromatic N) is 6. The predicted octanol–water partition coefficient (Wildman–Crippen LogP) is 1.87. The first-order valence-corrected chi connectivity index (χ1v) is 7.88. The van der Waals surface area contributed by atoms with Crippen molar-refractivity contribution in [2.45, 2.75) is 38.1 Å². The molecule has 2 aromatic rings. The van der Waals surface area contributed by atoms with Crippen LogP contribution in [0.1, 0.15) is 42.1 Å². The van der Waals surface area contributed by atoms with Crippen LogP contribution in [0.15, 0.2) is 18.5 Å². The highest BCUT2D eigenvalue weighted by molar-refractivity contribution is 5.43. The summed E-state index contributed by atoms with van der Waals surface area (Å²) in [6.07, 6.45) is 9.15. The largest absolute Gasteiger partial charge is 0.353 e. The Balaban J connectivity index is 1.52. The van der Waals surface area contributed by atoms with Gasteiger partial charge in [-0.1, -0.05) is 0 Å². The molecule has 1 aliphatic carbocycles. The summed E-state index contributed by atoms with van der Waals surface area (Å²) in [5.74, 6) is 0.982. The lowest BCUT2D eigenvalue weighted by atomic mass is 9.97. The standard InChI is InChI=1S/C16H18N6/c17-8-12-9-18-22(10-12)14-5-6-21(11-14)16-7-13-3-1-2-4-15(13)19-20-16/h7,9-10,14H,1-6,11H2. The van der Waals surface area contributed by atoms with Gasteiger partial charge in [0.05, 0.1) is 23.5 Å². The highest BCUT2D eigenvalue weighted by atomic mass is 15.3. The molecule has 6 nitrogen and oxygen atoms in total. The van der Waals surface area contributed by atoms with E-state index in [9.17, 15) is 0 Å². The summed E-state index contributed by atoms with van der Waals surface area (Å²) in [6.45, 7) is 1.83. The molecule has 4 rings (SSSR count). The fourth-order valence-electron chi connectivity index (χ4n) is 3.39. The Kier molecular flexibility index (Phi) is 3.26. The number of hydrogen-bond acceptors (Lipinski definition) is 5. The number of aromatic nitrogens is 4. The Morgan fingerprint density at radius 3 is 3.00 bits per heavy atom. The SMILES string of the molecule is N#Cc1cnn(C2CCN(c3cc4c(nn3)CCCC4)C2)c1. The van der Waals surface area contributed by atoms with Crippen LogP contribution in [-0.2, 0) is 12.8 Å². The highest BCUT2D eigenvalue weighted by Gasteiger charge is 2.26. The smallest absolute Gasteiger partial charge is 0.151 e. The molecule has 0 radical (unpaired) electrons. The molecular weight excluding hydrogens is 276 g/mol. The molecule has 0 saturated carbocycles. The van der Waals surface area contributed by atoms with Crippen LogP contribution >= 0.6 is 0 Å². The monoisotopic (exact) mass is 294 g/mol. The lowest BCUT2D eigenvalue weighted by molar-refractivity contribution is 0.494. The number of rotatable bonds is 2. The molecule has 0 spiro atoms. The van der Waals surface area contributed by atoms with Crippen molar-refractivity contribution in [1.82, 2.24) is 20.0 Å². The van der Waals surface area contributed by atoms with Crippen LogP contribution in [0.5, 0.6) is 0 Å². The lowest BCUT2D eigenvalue weighted by Gasteiger charge is -2.20. The zero-order chi connectivity index (χ0) is 14.9. The number of hydrogen-bond donors (Lipinski definition) is 0. The third kappa shape index (κ3) is 2.33. The minimum absolute atomic E-state index is 0.305. The summed E-state index contributed by atoms with van der Waals surface area (Å²) in [4.78, 5) is 2.28. The van der Waals surface area contributed by atoms with Gasteiger partial charge in [-0.25, -0.2) is 0 Å². The van der Waals surface area contributed by atoms with Crippen LogP contribution in [0.3, 0.4) is 0 Å². The minimum Gasteiger partial charge on any atom is -0.353 e. The van der Waals surface area contributed by atoms with Gasteiger partial charge in [-0.05, 0) is 43.7 Å². The molecular formula is C16H18N6. The average molecular weight is 294 g/mol. The molecule has 0 amide bonds. The van der Waals surface area contributed by atoms with Gasteiger partial charge in [-0.3, -0.25) is 4.68 Å². The van der Waals surface area contributed by atoms with E-state index in [0.717, 1.165) is 38.2 Å². The topological polar surface area (TPSA) is 70.6 Å². The first-order valence-electron chi connectivity index (χ1n) is 7.88. The summed E-state index contributed by atoms with van der Waals surface area (Å²) >= 11 is 0. The van der Waals surface area contributed by atoms with Gasteiger partial charge in [0, 0.05) is 19.3 Å². The average Bonchev–Trinajstić information content (AvgIpc) is 3.23. The van der Waals surface area contributed by atoms with Gasteiger partial charge in [0.1, 0.15) is 6.07 Å². The van der Waals surface area contributed by atoms with Crippen LogP contribution < -0.4 is 4.90 Å². The number of aryl methyl sites for hydroxylation is 2. The Labute approximate surface area is 129 Å². The van der Waals surface area contributed by atoms with E-state index in [1.165, 1.54) is 24.1 Å². The van der Waals surface area contributed by atoms with E-state index < -0.39 is 0 Å². The third-order valence-corrected chi connectivity index (χ3v) is 4.65. The van der Waals surface area contributed by atoms with E-state index in [2.05, 4.69) is 32.3 Å². The molecule has 1 atom stereocenters. The van der Waals surface area contributed by atoms with Gasteiger partial charge < -0.3 is 4.90 Å². The molecule has 112 valence electrons. The fourth-order valence-corrected chi connectivity index (χ4v) is 3.39. The number of anilines is 1. The summed E-state index contributed by atoms with van der Waals surface area (Å²) < 4.78 is 1.91. The summed E-state index contributed by atoms with van der Waals surface area (Å²) in [6, 6.07) is 4.65.